The molecule has 0 bridgehead atoms. The summed E-state index contributed by atoms with van der Waals surface area (Å²) in [6, 6.07) is 0. The van der Waals surface area contributed by atoms with Gasteiger partial charge in [0, 0.05) is 5.92 Å². The zero-order valence-electron chi connectivity index (χ0n) is 12.5. The third-order valence-electron chi connectivity index (χ3n) is 6.59. The van der Waals surface area contributed by atoms with Gasteiger partial charge >= 0.3 is 5.97 Å². The number of aliphatic hydroxyl groups is 1. The van der Waals surface area contributed by atoms with Gasteiger partial charge in [0.1, 0.15) is 5.60 Å². The zero-order chi connectivity index (χ0) is 14.1. The Morgan fingerprint density at radius 1 is 1.16 bits per heavy atom. The fourth-order valence-corrected chi connectivity index (χ4v) is 5.54. The van der Waals surface area contributed by atoms with Crippen LogP contribution in [0.2, 0.25) is 0 Å². The molecule has 0 aromatic rings. The summed E-state index contributed by atoms with van der Waals surface area (Å²) in [4.78, 5) is 11.8. The predicted molar refractivity (Wildman–Crippen MR) is 72.5 cm³/mol. The molecule has 1 N–H and O–H groups in total. The maximum Gasteiger partial charge on any atom is 0.306 e. The Morgan fingerprint density at radius 2 is 1.84 bits per heavy atom. The molecule has 3 rings (SSSR count). The van der Waals surface area contributed by atoms with Crippen molar-refractivity contribution < 1.29 is 14.6 Å². The second kappa shape index (κ2) is 3.75. The van der Waals surface area contributed by atoms with Crippen LogP contribution in [-0.4, -0.2) is 22.8 Å². The van der Waals surface area contributed by atoms with Gasteiger partial charge < -0.3 is 9.84 Å². The topological polar surface area (TPSA) is 46.5 Å². The molecule has 108 valence electrons. The van der Waals surface area contributed by atoms with E-state index in [2.05, 4.69) is 20.8 Å². The van der Waals surface area contributed by atoms with E-state index in [1.165, 1.54) is 12.8 Å². The van der Waals surface area contributed by atoms with E-state index in [4.69, 9.17) is 4.74 Å². The molecule has 2 saturated carbocycles. The van der Waals surface area contributed by atoms with E-state index in [-0.39, 0.29) is 22.7 Å². The van der Waals surface area contributed by atoms with Gasteiger partial charge in [-0.15, -0.1) is 0 Å². The van der Waals surface area contributed by atoms with Crippen molar-refractivity contribution in [1.82, 2.24) is 0 Å². The summed E-state index contributed by atoms with van der Waals surface area (Å²) in [7, 11) is 0. The molecular weight excluding hydrogens is 240 g/mol. The number of aliphatic hydroxyl groups excluding tert-OH is 1. The summed E-state index contributed by atoms with van der Waals surface area (Å²) < 4.78 is 5.56. The molecule has 3 heteroatoms. The molecule has 3 fully saturated rings. The highest BCUT2D eigenvalue weighted by Crippen LogP contribution is 2.64. The number of ether oxygens (including phenoxy) is 1. The molecule has 0 aromatic heterocycles. The molecule has 2 aliphatic carbocycles. The minimum atomic E-state index is -0.657. The Kier molecular flexibility index (Phi) is 2.65. The minimum absolute atomic E-state index is 0.127. The van der Waals surface area contributed by atoms with Gasteiger partial charge in [0.2, 0.25) is 0 Å². The fraction of sp³-hybridized carbons (Fsp3) is 0.938. The first-order valence-corrected chi connectivity index (χ1v) is 7.60. The average Bonchev–Trinajstić information content (AvgIpc) is 2.60. The van der Waals surface area contributed by atoms with E-state index in [0.29, 0.717) is 12.3 Å². The van der Waals surface area contributed by atoms with Crippen molar-refractivity contribution >= 4 is 5.97 Å². The van der Waals surface area contributed by atoms with Crippen molar-refractivity contribution in [3.8, 4) is 0 Å². The first kappa shape index (κ1) is 13.4. The van der Waals surface area contributed by atoms with E-state index >= 15 is 0 Å². The van der Waals surface area contributed by atoms with Crippen molar-refractivity contribution in [1.29, 1.82) is 0 Å². The molecule has 1 saturated heterocycles. The summed E-state index contributed by atoms with van der Waals surface area (Å²) in [6.45, 7) is 8.91. The van der Waals surface area contributed by atoms with Crippen LogP contribution in [0.25, 0.3) is 0 Å². The van der Waals surface area contributed by atoms with Gasteiger partial charge in [-0.3, -0.25) is 4.79 Å². The fourth-order valence-electron chi connectivity index (χ4n) is 5.54. The Balaban J connectivity index is 2.05. The van der Waals surface area contributed by atoms with Gasteiger partial charge in [0.05, 0.1) is 12.5 Å². The first-order valence-electron chi connectivity index (χ1n) is 7.60. The third kappa shape index (κ3) is 1.63. The molecule has 1 heterocycles. The summed E-state index contributed by atoms with van der Waals surface area (Å²) in [5.41, 5.74) is -0.279. The van der Waals surface area contributed by atoms with E-state index in [1.54, 1.807) is 0 Å². The van der Waals surface area contributed by atoms with Gasteiger partial charge in [-0.25, -0.2) is 0 Å². The zero-order valence-corrected chi connectivity index (χ0v) is 12.5. The van der Waals surface area contributed by atoms with Gasteiger partial charge in [-0.1, -0.05) is 27.2 Å². The van der Waals surface area contributed by atoms with Crippen LogP contribution in [0.5, 0.6) is 0 Å². The summed E-state index contributed by atoms with van der Waals surface area (Å²) in [5.74, 6) is 0.522. The third-order valence-corrected chi connectivity index (χ3v) is 6.59. The Hall–Kier alpha value is -0.570. The Labute approximate surface area is 115 Å². The second-order valence-corrected chi connectivity index (χ2v) is 8.07. The van der Waals surface area contributed by atoms with Crippen LogP contribution in [0.3, 0.4) is 0 Å². The largest absolute Gasteiger partial charge is 0.456 e. The maximum atomic E-state index is 11.8. The lowest BCUT2D eigenvalue weighted by molar-refractivity contribution is -0.204. The number of fused-ring (bicyclic) bond motifs is 3. The predicted octanol–water partition coefficient (Wildman–Crippen LogP) is 2.91. The van der Waals surface area contributed by atoms with Crippen molar-refractivity contribution in [2.24, 2.45) is 22.7 Å². The molecule has 3 aliphatic rings. The number of hydrogen-bond donors (Lipinski definition) is 1. The maximum absolute atomic E-state index is 11.8. The van der Waals surface area contributed by atoms with Crippen LogP contribution in [-0.2, 0) is 9.53 Å². The lowest BCUT2D eigenvalue weighted by Gasteiger charge is -2.60. The highest BCUT2D eigenvalue weighted by Gasteiger charge is 2.66. The van der Waals surface area contributed by atoms with Crippen LogP contribution < -0.4 is 0 Å². The van der Waals surface area contributed by atoms with Crippen LogP contribution >= 0.6 is 0 Å². The molecule has 0 unspecified atom stereocenters. The molecular formula is C16H26O3. The molecule has 1 aliphatic heterocycles. The lowest BCUT2D eigenvalue weighted by Crippen LogP contribution is -2.61. The molecule has 19 heavy (non-hydrogen) atoms. The Morgan fingerprint density at radius 3 is 2.53 bits per heavy atom. The number of esters is 1. The monoisotopic (exact) mass is 266 g/mol. The highest BCUT2D eigenvalue weighted by molar-refractivity contribution is 5.73. The van der Waals surface area contributed by atoms with Crippen molar-refractivity contribution in [3.63, 3.8) is 0 Å². The summed E-state index contributed by atoms with van der Waals surface area (Å²) >= 11 is 0. The van der Waals surface area contributed by atoms with E-state index in [9.17, 15) is 9.90 Å². The molecule has 0 amide bonds. The molecule has 5 atom stereocenters. The second-order valence-electron chi connectivity index (χ2n) is 8.07. The van der Waals surface area contributed by atoms with Crippen LogP contribution in [0, 0.1) is 22.7 Å². The van der Waals surface area contributed by atoms with Gasteiger partial charge in [0.25, 0.3) is 0 Å². The van der Waals surface area contributed by atoms with Gasteiger partial charge in [-0.2, -0.15) is 0 Å². The lowest BCUT2D eigenvalue weighted by atomic mass is 9.45. The standard InChI is InChI=1S/C16H26O3/c1-14(2)6-5-7-15(3)10(14)8-12(17)16(4)11(15)9-13(18)19-16/h10-12,17H,5-9H2,1-4H3/t10-,11+,12+,15-,16-/m1/s1. The Bertz CT molecular complexity index is 416. The molecule has 0 aromatic carbocycles. The SMILES string of the molecule is CC1(C)CCC[C@]2(C)[C@@H]1C[C@H](O)[C@]1(C)OC(=O)C[C@@H]21. The van der Waals surface area contributed by atoms with E-state index in [0.717, 1.165) is 12.8 Å². The van der Waals surface area contributed by atoms with Crippen LogP contribution in [0.1, 0.15) is 59.8 Å². The first-order chi connectivity index (χ1) is 8.70. The smallest absolute Gasteiger partial charge is 0.306 e. The van der Waals surface area contributed by atoms with Crippen LogP contribution in [0.15, 0.2) is 0 Å². The normalized spacial score (nSPS) is 52.3. The van der Waals surface area contributed by atoms with Crippen LogP contribution in [0.4, 0.5) is 0 Å². The van der Waals surface area contributed by atoms with Crippen molar-refractivity contribution in [2.45, 2.75) is 71.5 Å². The molecule has 0 radical (unpaired) electrons. The van der Waals surface area contributed by atoms with Crippen molar-refractivity contribution in [3.05, 3.63) is 0 Å². The summed E-state index contributed by atoms with van der Waals surface area (Å²) in [6.07, 6.45) is 4.33. The summed E-state index contributed by atoms with van der Waals surface area (Å²) in [5, 5.41) is 10.6. The average molecular weight is 266 g/mol. The molecule has 3 nitrogen and oxygen atoms in total. The quantitative estimate of drug-likeness (QED) is 0.686. The number of carbonyl (C=O) groups is 1. The van der Waals surface area contributed by atoms with Crippen molar-refractivity contribution in [2.75, 3.05) is 0 Å². The van der Waals surface area contributed by atoms with E-state index in [1.807, 2.05) is 6.92 Å². The van der Waals surface area contributed by atoms with Gasteiger partial charge in [-0.05, 0) is 42.9 Å². The number of carbonyl (C=O) groups excluding carboxylic acids is 1. The number of hydrogen-bond acceptors (Lipinski definition) is 3. The molecule has 0 spiro atoms. The number of rotatable bonds is 0. The van der Waals surface area contributed by atoms with E-state index < -0.39 is 11.7 Å². The van der Waals surface area contributed by atoms with Gasteiger partial charge in [0.15, 0.2) is 0 Å². The minimum Gasteiger partial charge on any atom is -0.456 e. The highest BCUT2D eigenvalue weighted by atomic mass is 16.6.